The van der Waals surface area contributed by atoms with Gasteiger partial charge in [0.15, 0.2) is 5.75 Å². The Bertz CT molecular complexity index is 548. The molecule has 1 unspecified atom stereocenters. The number of likely N-dealkylation sites (tertiary alicyclic amines) is 1. The van der Waals surface area contributed by atoms with Crippen molar-refractivity contribution in [3.05, 3.63) is 27.7 Å². The lowest BCUT2D eigenvalue weighted by Crippen LogP contribution is -2.38. The van der Waals surface area contributed by atoms with Crippen LogP contribution in [0.3, 0.4) is 0 Å². The van der Waals surface area contributed by atoms with E-state index in [4.69, 9.17) is 0 Å². The normalized spacial score (nSPS) is 20.1. The van der Waals surface area contributed by atoms with Gasteiger partial charge in [0, 0.05) is 30.9 Å². The molecule has 1 N–H and O–H groups in total. The molecule has 1 saturated heterocycles. The number of rotatable bonds is 4. The number of aromatic nitrogens is 1. The lowest BCUT2D eigenvalue weighted by atomic mass is 10.0. The van der Waals surface area contributed by atoms with Crippen molar-refractivity contribution in [1.29, 1.82) is 0 Å². The Morgan fingerprint density at radius 1 is 1.38 bits per heavy atom. The molecule has 0 aromatic carbocycles. The number of hydrogen-bond acceptors (Lipinski definition) is 3. The first-order chi connectivity index (χ1) is 9.90. The number of hydrogen-bond donors (Lipinski definition) is 1. The van der Waals surface area contributed by atoms with E-state index in [1.807, 2.05) is 6.92 Å². The van der Waals surface area contributed by atoms with Crippen LogP contribution in [-0.2, 0) is 13.1 Å². The van der Waals surface area contributed by atoms with Crippen molar-refractivity contribution < 1.29 is 5.11 Å². The minimum atomic E-state index is -0.257. The van der Waals surface area contributed by atoms with Crippen LogP contribution in [0, 0.1) is 12.8 Å². The van der Waals surface area contributed by atoms with Gasteiger partial charge in [-0.1, -0.05) is 20.3 Å². The molecule has 1 aliphatic heterocycles. The van der Waals surface area contributed by atoms with Crippen LogP contribution < -0.4 is 5.43 Å². The Balaban J connectivity index is 2.37. The lowest BCUT2D eigenvalue weighted by molar-refractivity contribution is 0.146. The van der Waals surface area contributed by atoms with Crippen LogP contribution in [0.15, 0.2) is 10.9 Å². The van der Waals surface area contributed by atoms with E-state index in [-0.39, 0.29) is 11.2 Å². The maximum absolute atomic E-state index is 11.9. The summed E-state index contributed by atoms with van der Waals surface area (Å²) >= 11 is 0. The Morgan fingerprint density at radius 2 is 2.10 bits per heavy atom. The highest BCUT2D eigenvalue weighted by Crippen LogP contribution is 2.23. The molecule has 0 amide bonds. The molecule has 0 bridgehead atoms. The molecule has 0 spiro atoms. The van der Waals surface area contributed by atoms with Gasteiger partial charge in [-0.05, 0) is 39.2 Å². The Hall–Kier alpha value is -1.29. The second kappa shape index (κ2) is 6.65. The molecule has 118 valence electrons. The van der Waals surface area contributed by atoms with Gasteiger partial charge >= 0.3 is 0 Å². The second-order valence-corrected chi connectivity index (χ2v) is 6.77. The molecule has 1 aromatic heterocycles. The maximum atomic E-state index is 11.9. The molecular weight excluding hydrogens is 264 g/mol. The van der Waals surface area contributed by atoms with Crippen molar-refractivity contribution in [2.24, 2.45) is 5.92 Å². The van der Waals surface area contributed by atoms with E-state index in [0.29, 0.717) is 18.5 Å². The zero-order chi connectivity index (χ0) is 15.6. The highest BCUT2D eigenvalue weighted by molar-refractivity contribution is 5.30. The first-order valence-corrected chi connectivity index (χ1v) is 8.06. The summed E-state index contributed by atoms with van der Waals surface area (Å²) in [5.41, 5.74) is 1.46. The number of aromatic hydroxyl groups is 1. The molecule has 1 fully saturated rings. The van der Waals surface area contributed by atoms with Gasteiger partial charge in [-0.25, -0.2) is 0 Å². The van der Waals surface area contributed by atoms with Gasteiger partial charge in [-0.3, -0.25) is 9.69 Å². The van der Waals surface area contributed by atoms with Gasteiger partial charge in [0.25, 0.3) is 0 Å². The van der Waals surface area contributed by atoms with Crippen molar-refractivity contribution in [2.75, 3.05) is 6.54 Å². The number of piperidine rings is 1. The van der Waals surface area contributed by atoms with Crippen LogP contribution >= 0.6 is 0 Å². The summed E-state index contributed by atoms with van der Waals surface area (Å²) < 4.78 is 2.11. The Labute approximate surface area is 127 Å². The summed E-state index contributed by atoms with van der Waals surface area (Å²) in [5, 5.41) is 10.3. The van der Waals surface area contributed by atoms with Crippen LogP contribution in [0.4, 0.5) is 0 Å². The SMILES string of the molecule is Cc1cc(=O)c(O)c(CN2CCCCC2C)n1CC(C)C. The zero-order valence-electron chi connectivity index (χ0n) is 13.7. The smallest absolute Gasteiger partial charge is 0.223 e. The molecule has 4 heteroatoms. The van der Waals surface area contributed by atoms with Crippen molar-refractivity contribution in [3.8, 4) is 5.75 Å². The summed E-state index contributed by atoms with van der Waals surface area (Å²) in [7, 11) is 0. The summed E-state index contributed by atoms with van der Waals surface area (Å²) in [4.78, 5) is 14.3. The third kappa shape index (κ3) is 3.67. The largest absolute Gasteiger partial charge is 0.503 e. The topological polar surface area (TPSA) is 45.5 Å². The molecule has 1 atom stereocenters. The average Bonchev–Trinajstić information content (AvgIpc) is 2.42. The van der Waals surface area contributed by atoms with E-state index in [9.17, 15) is 9.90 Å². The van der Waals surface area contributed by atoms with Crippen LogP contribution in [0.2, 0.25) is 0 Å². The molecule has 4 nitrogen and oxygen atoms in total. The van der Waals surface area contributed by atoms with Gasteiger partial charge < -0.3 is 9.67 Å². The van der Waals surface area contributed by atoms with E-state index in [0.717, 1.165) is 24.5 Å². The van der Waals surface area contributed by atoms with Gasteiger partial charge in [0.2, 0.25) is 5.43 Å². The second-order valence-electron chi connectivity index (χ2n) is 6.77. The van der Waals surface area contributed by atoms with Crippen LogP contribution in [0.25, 0.3) is 0 Å². The standard InChI is InChI=1S/C17H28N2O2/c1-12(2)10-19-14(4)9-16(20)17(21)15(19)11-18-8-6-5-7-13(18)3/h9,12-13,21H,5-8,10-11H2,1-4H3. The minimum Gasteiger partial charge on any atom is -0.503 e. The van der Waals surface area contributed by atoms with Gasteiger partial charge in [0.1, 0.15) is 0 Å². The number of pyridine rings is 1. The summed E-state index contributed by atoms with van der Waals surface area (Å²) in [6.07, 6.45) is 3.67. The van der Waals surface area contributed by atoms with E-state index < -0.39 is 0 Å². The molecule has 0 radical (unpaired) electrons. The number of aryl methyl sites for hydroxylation is 1. The number of nitrogens with zero attached hydrogens (tertiary/aromatic N) is 2. The third-order valence-electron chi connectivity index (χ3n) is 4.44. The predicted octanol–water partition coefficient (Wildman–Crippen LogP) is 2.89. The van der Waals surface area contributed by atoms with E-state index >= 15 is 0 Å². The molecule has 1 aliphatic rings. The molecule has 1 aromatic rings. The van der Waals surface area contributed by atoms with Crippen LogP contribution in [0.1, 0.15) is 51.4 Å². The fraction of sp³-hybridized carbons (Fsp3) is 0.706. The monoisotopic (exact) mass is 292 g/mol. The van der Waals surface area contributed by atoms with Crippen molar-refractivity contribution in [3.63, 3.8) is 0 Å². The van der Waals surface area contributed by atoms with Gasteiger partial charge in [0.05, 0.1) is 5.69 Å². The summed E-state index contributed by atoms with van der Waals surface area (Å²) in [5.74, 6) is 0.405. The summed E-state index contributed by atoms with van der Waals surface area (Å²) in [6.45, 7) is 11.0. The highest BCUT2D eigenvalue weighted by atomic mass is 16.3. The molecule has 2 rings (SSSR count). The van der Waals surface area contributed by atoms with E-state index in [1.54, 1.807) is 6.07 Å². The average molecular weight is 292 g/mol. The molecular formula is C17H28N2O2. The molecule has 0 aliphatic carbocycles. The van der Waals surface area contributed by atoms with Crippen molar-refractivity contribution in [1.82, 2.24) is 9.47 Å². The fourth-order valence-electron chi connectivity index (χ4n) is 3.18. The fourth-order valence-corrected chi connectivity index (χ4v) is 3.18. The zero-order valence-corrected chi connectivity index (χ0v) is 13.7. The Kier molecular flexibility index (Phi) is 5.09. The molecule has 2 heterocycles. The molecule has 0 saturated carbocycles. The van der Waals surface area contributed by atoms with E-state index in [2.05, 4.69) is 30.2 Å². The summed E-state index contributed by atoms with van der Waals surface area (Å²) in [6, 6.07) is 2.06. The van der Waals surface area contributed by atoms with Crippen LogP contribution in [0.5, 0.6) is 5.75 Å². The first kappa shape index (κ1) is 16.1. The maximum Gasteiger partial charge on any atom is 0.223 e. The predicted molar refractivity (Wildman–Crippen MR) is 85.7 cm³/mol. The van der Waals surface area contributed by atoms with Gasteiger partial charge in [-0.15, -0.1) is 0 Å². The molecule has 21 heavy (non-hydrogen) atoms. The third-order valence-corrected chi connectivity index (χ3v) is 4.44. The lowest BCUT2D eigenvalue weighted by Gasteiger charge is -2.34. The minimum absolute atomic E-state index is 0.0703. The van der Waals surface area contributed by atoms with E-state index in [1.165, 1.54) is 19.3 Å². The quantitative estimate of drug-likeness (QED) is 0.928. The first-order valence-electron chi connectivity index (χ1n) is 8.06. The Morgan fingerprint density at radius 3 is 2.71 bits per heavy atom. The van der Waals surface area contributed by atoms with Crippen molar-refractivity contribution in [2.45, 2.75) is 66.1 Å². The van der Waals surface area contributed by atoms with Gasteiger partial charge in [-0.2, -0.15) is 0 Å². The highest BCUT2D eigenvalue weighted by Gasteiger charge is 2.22. The van der Waals surface area contributed by atoms with Crippen LogP contribution in [-0.4, -0.2) is 27.2 Å². The van der Waals surface area contributed by atoms with Crippen molar-refractivity contribution >= 4 is 0 Å².